The number of benzene rings is 1. The smallest absolute Gasteiger partial charge is 0.327 e. The number of likely N-dealkylation sites (tertiary alicyclic amines) is 1. The molecule has 0 bridgehead atoms. The maximum absolute atomic E-state index is 13.5. The lowest BCUT2D eigenvalue weighted by atomic mass is 9.85. The van der Waals surface area contributed by atoms with Gasteiger partial charge in [-0.05, 0) is 63.6 Å². The van der Waals surface area contributed by atoms with Crippen molar-refractivity contribution < 1.29 is 19.1 Å². The van der Waals surface area contributed by atoms with Crippen molar-refractivity contribution in [2.75, 3.05) is 33.4 Å². The van der Waals surface area contributed by atoms with Crippen molar-refractivity contribution in [2.45, 2.75) is 72.0 Å². The topological polar surface area (TPSA) is 62.3 Å². The van der Waals surface area contributed by atoms with Crippen molar-refractivity contribution in [1.82, 2.24) is 14.7 Å². The van der Waals surface area contributed by atoms with Crippen molar-refractivity contribution >= 4 is 11.9 Å². The van der Waals surface area contributed by atoms with E-state index in [2.05, 4.69) is 24.8 Å². The second-order valence-corrected chi connectivity index (χ2v) is 9.61. The highest BCUT2D eigenvalue weighted by Crippen LogP contribution is 2.39. The molecular formula is C25H39N3O4. The Morgan fingerprint density at radius 3 is 2.31 bits per heavy atom. The van der Waals surface area contributed by atoms with E-state index in [0.717, 1.165) is 43.1 Å². The summed E-state index contributed by atoms with van der Waals surface area (Å²) in [6.45, 7) is 13.7. The van der Waals surface area contributed by atoms with Crippen molar-refractivity contribution in [3.8, 4) is 11.5 Å². The monoisotopic (exact) mass is 445 g/mol. The standard InChI is InChI=1S/C25H39N3O4/c1-7-32-22-16-20(8-9-21(22)31-6)17-26-14-11-25(12-15-26)23(29)28(19(4)5)24(30)27(25)13-10-18(2)3/h8-9,16,18-19H,7,10-15,17H2,1-6H3. The van der Waals surface area contributed by atoms with E-state index >= 15 is 0 Å². The van der Waals surface area contributed by atoms with Gasteiger partial charge in [-0.3, -0.25) is 14.6 Å². The zero-order valence-corrected chi connectivity index (χ0v) is 20.5. The lowest BCUT2D eigenvalue weighted by molar-refractivity contribution is -0.136. The maximum atomic E-state index is 13.5. The van der Waals surface area contributed by atoms with Gasteiger partial charge in [0, 0.05) is 32.2 Å². The molecule has 0 aliphatic carbocycles. The fourth-order valence-corrected chi connectivity index (χ4v) is 4.80. The van der Waals surface area contributed by atoms with Crippen molar-refractivity contribution in [1.29, 1.82) is 0 Å². The first kappa shape index (κ1) is 24.4. The minimum atomic E-state index is -0.691. The molecule has 0 N–H and O–H groups in total. The van der Waals surface area contributed by atoms with Gasteiger partial charge in [0.2, 0.25) is 0 Å². The summed E-state index contributed by atoms with van der Waals surface area (Å²) in [6.07, 6.45) is 2.25. The Hall–Kier alpha value is -2.28. The number of urea groups is 1. The molecule has 2 saturated heterocycles. The van der Waals surface area contributed by atoms with Crippen LogP contribution in [0.4, 0.5) is 4.79 Å². The highest BCUT2D eigenvalue weighted by atomic mass is 16.5. The molecule has 2 aliphatic heterocycles. The number of methoxy groups -OCH3 is 1. The largest absolute Gasteiger partial charge is 0.493 e. The predicted molar refractivity (Wildman–Crippen MR) is 125 cm³/mol. The van der Waals surface area contributed by atoms with E-state index in [1.54, 1.807) is 7.11 Å². The van der Waals surface area contributed by atoms with Gasteiger partial charge in [-0.15, -0.1) is 0 Å². The molecular weight excluding hydrogens is 406 g/mol. The summed E-state index contributed by atoms with van der Waals surface area (Å²) in [6, 6.07) is 5.80. The van der Waals surface area contributed by atoms with Crippen LogP contribution in [0.2, 0.25) is 0 Å². The van der Waals surface area contributed by atoms with Gasteiger partial charge in [0.1, 0.15) is 5.54 Å². The van der Waals surface area contributed by atoms with Crippen LogP contribution >= 0.6 is 0 Å². The Kier molecular flexibility index (Phi) is 7.70. The van der Waals surface area contributed by atoms with Crippen LogP contribution in [0.25, 0.3) is 0 Å². The van der Waals surface area contributed by atoms with Crippen LogP contribution in [-0.2, 0) is 11.3 Å². The van der Waals surface area contributed by atoms with Crippen molar-refractivity contribution in [3.63, 3.8) is 0 Å². The fraction of sp³-hybridized carbons (Fsp3) is 0.680. The molecule has 178 valence electrons. The number of carbonyl (C=O) groups excluding carboxylic acids is 2. The Morgan fingerprint density at radius 2 is 1.75 bits per heavy atom. The molecule has 7 nitrogen and oxygen atoms in total. The Morgan fingerprint density at radius 1 is 1.06 bits per heavy atom. The first-order valence-corrected chi connectivity index (χ1v) is 11.9. The second-order valence-electron chi connectivity index (χ2n) is 9.61. The zero-order chi connectivity index (χ0) is 23.5. The maximum Gasteiger partial charge on any atom is 0.327 e. The minimum Gasteiger partial charge on any atom is -0.493 e. The average Bonchev–Trinajstić information content (AvgIpc) is 2.94. The van der Waals surface area contributed by atoms with Crippen LogP contribution in [-0.4, -0.2) is 71.6 Å². The fourth-order valence-electron chi connectivity index (χ4n) is 4.80. The third-order valence-electron chi connectivity index (χ3n) is 6.63. The number of carbonyl (C=O) groups is 2. The van der Waals surface area contributed by atoms with Crippen LogP contribution in [0, 0.1) is 5.92 Å². The van der Waals surface area contributed by atoms with Crippen LogP contribution in [0.5, 0.6) is 11.5 Å². The summed E-state index contributed by atoms with van der Waals surface area (Å²) < 4.78 is 11.1. The van der Waals surface area contributed by atoms with Crippen molar-refractivity contribution in [2.24, 2.45) is 5.92 Å². The molecule has 0 radical (unpaired) electrons. The number of amides is 3. The Labute approximate surface area is 192 Å². The Bertz CT molecular complexity index is 815. The predicted octanol–water partition coefficient (Wildman–Crippen LogP) is 4.15. The molecule has 3 rings (SSSR count). The number of nitrogens with zero attached hydrogens (tertiary/aromatic N) is 3. The average molecular weight is 446 g/mol. The summed E-state index contributed by atoms with van der Waals surface area (Å²) in [5.41, 5.74) is 0.461. The lowest BCUT2D eigenvalue weighted by Crippen LogP contribution is -2.56. The number of hydrogen-bond donors (Lipinski definition) is 0. The summed E-state index contributed by atoms with van der Waals surface area (Å²) in [4.78, 5) is 32.3. The van der Waals surface area contributed by atoms with Crippen LogP contribution in [0.15, 0.2) is 18.2 Å². The van der Waals surface area contributed by atoms with Gasteiger partial charge in [0.25, 0.3) is 5.91 Å². The van der Waals surface area contributed by atoms with E-state index in [0.29, 0.717) is 31.9 Å². The van der Waals surface area contributed by atoms with Crippen LogP contribution in [0.1, 0.15) is 59.4 Å². The number of imide groups is 1. The molecule has 0 unspecified atom stereocenters. The molecule has 1 aromatic rings. The van der Waals surface area contributed by atoms with Gasteiger partial charge >= 0.3 is 6.03 Å². The SMILES string of the molecule is CCOc1cc(CN2CCC3(CC2)C(=O)N(C(C)C)C(=O)N3CCC(C)C)ccc1OC. The quantitative estimate of drug-likeness (QED) is 0.535. The number of rotatable bonds is 9. The van der Waals surface area contributed by atoms with E-state index in [4.69, 9.17) is 9.47 Å². The molecule has 2 heterocycles. The molecule has 3 amide bonds. The Balaban J connectivity index is 1.73. The van der Waals surface area contributed by atoms with Crippen LogP contribution < -0.4 is 9.47 Å². The molecule has 0 aromatic heterocycles. The minimum absolute atomic E-state index is 0.0102. The molecule has 0 atom stereocenters. The number of ether oxygens (including phenoxy) is 2. The number of piperidine rings is 1. The highest BCUT2D eigenvalue weighted by Gasteiger charge is 2.58. The first-order valence-electron chi connectivity index (χ1n) is 11.9. The molecule has 1 spiro atoms. The summed E-state index contributed by atoms with van der Waals surface area (Å²) in [5.74, 6) is 1.96. The molecule has 32 heavy (non-hydrogen) atoms. The molecule has 0 saturated carbocycles. The summed E-state index contributed by atoms with van der Waals surface area (Å²) in [7, 11) is 1.65. The highest BCUT2D eigenvalue weighted by molar-refractivity contribution is 6.07. The van der Waals surface area contributed by atoms with E-state index in [-0.39, 0.29) is 18.0 Å². The van der Waals surface area contributed by atoms with Crippen LogP contribution in [0.3, 0.4) is 0 Å². The normalized spacial score (nSPS) is 19.0. The lowest BCUT2D eigenvalue weighted by Gasteiger charge is -2.42. The second kappa shape index (κ2) is 10.1. The first-order chi connectivity index (χ1) is 15.2. The van der Waals surface area contributed by atoms with E-state index in [1.165, 1.54) is 4.90 Å². The molecule has 2 aliphatic rings. The number of hydrogen-bond acceptors (Lipinski definition) is 5. The summed E-state index contributed by atoms with van der Waals surface area (Å²) >= 11 is 0. The van der Waals surface area contributed by atoms with Gasteiger partial charge in [-0.1, -0.05) is 19.9 Å². The van der Waals surface area contributed by atoms with Gasteiger partial charge in [0.15, 0.2) is 11.5 Å². The van der Waals surface area contributed by atoms with E-state index < -0.39 is 5.54 Å². The van der Waals surface area contributed by atoms with Gasteiger partial charge in [-0.25, -0.2) is 4.79 Å². The van der Waals surface area contributed by atoms with Gasteiger partial charge in [0.05, 0.1) is 13.7 Å². The van der Waals surface area contributed by atoms with Crippen molar-refractivity contribution in [3.05, 3.63) is 23.8 Å². The third-order valence-corrected chi connectivity index (χ3v) is 6.63. The molecule has 1 aromatic carbocycles. The third kappa shape index (κ3) is 4.72. The van der Waals surface area contributed by atoms with Gasteiger partial charge in [-0.2, -0.15) is 0 Å². The summed E-state index contributed by atoms with van der Waals surface area (Å²) in [5, 5.41) is 0. The molecule has 2 fully saturated rings. The zero-order valence-electron chi connectivity index (χ0n) is 20.5. The molecule has 7 heteroatoms. The van der Waals surface area contributed by atoms with E-state index in [9.17, 15) is 9.59 Å². The van der Waals surface area contributed by atoms with Gasteiger partial charge < -0.3 is 14.4 Å². The van der Waals surface area contributed by atoms with E-state index in [1.807, 2.05) is 37.8 Å².